The highest BCUT2D eigenvalue weighted by atomic mass is 32.1. The Morgan fingerprint density at radius 3 is 2.91 bits per heavy atom. The van der Waals surface area contributed by atoms with Crippen LogP contribution in [0.2, 0.25) is 0 Å². The molecule has 0 unspecified atom stereocenters. The molecule has 0 aliphatic rings. The fourth-order valence-electron chi connectivity index (χ4n) is 0.805. The molecule has 0 N–H and O–H groups in total. The summed E-state index contributed by atoms with van der Waals surface area (Å²) in [5.74, 6) is 0.618. The second kappa shape index (κ2) is 3.49. The maximum absolute atomic E-state index is 8.48. The highest BCUT2D eigenvalue weighted by molar-refractivity contribution is 7.09. The van der Waals surface area contributed by atoms with E-state index in [1.54, 1.807) is 16.7 Å². The molecule has 1 aromatic heterocycles. The Morgan fingerprint density at radius 2 is 2.45 bits per heavy atom. The Hall–Kier alpha value is -0.880. The number of rotatable bonds is 2. The van der Waals surface area contributed by atoms with Crippen molar-refractivity contribution in [2.75, 3.05) is 0 Å². The van der Waals surface area contributed by atoms with Crippen LogP contribution < -0.4 is 0 Å². The van der Waals surface area contributed by atoms with E-state index in [4.69, 9.17) is 5.26 Å². The van der Waals surface area contributed by atoms with Gasteiger partial charge in [0.25, 0.3) is 0 Å². The molecule has 3 heteroatoms. The van der Waals surface area contributed by atoms with Crippen molar-refractivity contribution >= 4 is 11.3 Å². The Balaban J connectivity index is 2.67. The fraction of sp³-hybridized carbons (Fsp3) is 0.500. The summed E-state index contributed by atoms with van der Waals surface area (Å²) in [5.41, 5.74) is 0.547. The average molecular weight is 166 g/mol. The standard InChI is InChI=1S/C8H10N2S/c1-6(2)3-8-10-7(4-9)5-11-8/h5-6H,3H2,1-2H3. The molecule has 2 nitrogen and oxygen atoms in total. The summed E-state index contributed by atoms with van der Waals surface area (Å²) in [4.78, 5) is 4.13. The predicted octanol–water partition coefficient (Wildman–Crippen LogP) is 2.21. The van der Waals surface area contributed by atoms with Crippen molar-refractivity contribution in [3.05, 3.63) is 16.1 Å². The van der Waals surface area contributed by atoms with Gasteiger partial charge in [-0.25, -0.2) is 4.98 Å². The number of aromatic nitrogens is 1. The molecule has 11 heavy (non-hydrogen) atoms. The smallest absolute Gasteiger partial charge is 0.151 e. The monoisotopic (exact) mass is 166 g/mol. The van der Waals surface area contributed by atoms with Crippen LogP contribution >= 0.6 is 11.3 Å². The van der Waals surface area contributed by atoms with Gasteiger partial charge in [-0.15, -0.1) is 11.3 Å². The minimum atomic E-state index is 0.547. The number of thiazole rings is 1. The molecule has 0 spiro atoms. The first-order valence-electron chi connectivity index (χ1n) is 3.57. The van der Waals surface area contributed by atoms with Crippen LogP contribution in [0.3, 0.4) is 0 Å². The molecule has 0 amide bonds. The van der Waals surface area contributed by atoms with Crippen molar-refractivity contribution in [2.45, 2.75) is 20.3 Å². The zero-order valence-electron chi connectivity index (χ0n) is 6.66. The van der Waals surface area contributed by atoms with Gasteiger partial charge in [-0.3, -0.25) is 0 Å². The van der Waals surface area contributed by atoms with Gasteiger partial charge in [0.2, 0.25) is 0 Å². The first-order valence-corrected chi connectivity index (χ1v) is 4.45. The summed E-state index contributed by atoms with van der Waals surface area (Å²) in [6.45, 7) is 4.29. The largest absolute Gasteiger partial charge is 0.231 e. The van der Waals surface area contributed by atoms with Crippen LogP contribution in [-0.2, 0) is 6.42 Å². The first kappa shape index (κ1) is 8.22. The Bertz CT molecular complexity index is 270. The second-order valence-electron chi connectivity index (χ2n) is 2.84. The molecule has 1 aromatic rings. The van der Waals surface area contributed by atoms with Crippen LogP contribution in [0.25, 0.3) is 0 Å². The van der Waals surface area contributed by atoms with Crippen molar-refractivity contribution in [1.82, 2.24) is 4.98 Å². The highest BCUT2D eigenvalue weighted by Gasteiger charge is 2.02. The topological polar surface area (TPSA) is 36.7 Å². The van der Waals surface area contributed by atoms with E-state index in [9.17, 15) is 0 Å². The number of hydrogen-bond donors (Lipinski definition) is 0. The lowest BCUT2D eigenvalue weighted by Gasteiger charge is -1.97. The summed E-state index contributed by atoms with van der Waals surface area (Å²) in [5, 5.41) is 11.3. The van der Waals surface area contributed by atoms with E-state index in [1.165, 1.54) is 0 Å². The lowest BCUT2D eigenvalue weighted by Crippen LogP contribution is -1.92. The quantitative estimate of drug-likeness (QED) is 0.675. The highest BCUT2D eigenvalue weighted by Crippen LogP contribution is 2.13. The van der Waals surface area contributed by atoms with E-state index in [2.05, 4.69) is 18.8 Å². The first-order chi connectivity index (χ1) is 5.22. The third-order valence-electron chi connectivity index (χ3n) is 1.25. The van der Waals surface area contributed by atoms with E-state index in [-0.39, 0.29) is 0 Å². The molecule has 1 rings (SSSR count). The van der Waals surface area contributed by atoms with Crippen molar-refractivity contribution < 1.29 is 0 Å². The molecule has 58 valence electrons. The van der Waals surface area contributed by atoms with E-state index in [1.807, 2.05) is 6.07 Å². The van der Waals surface area contributed by atoms with E-state index >= 15 is 0 Å². The van der Waals surface area contributed by atoms with Crippen LogP contribution in [0, 0.1) is 17.2 Å². The third-order valence-corrected chi connectivity index (χ3v) is 2.12. The van der Waals surface area contributed by atoms with Gasteiger partial charge in [0, 0.05) is 11.8 Å². The predicted molar refractivity (Wildman–Crippen MR) is 45.4 cm³/mol. The lowest BCUT2D eigenvalue weighted by atomic mass is 10.1. The minimum Gasteiger partial charge on any atom is -0.231 e. The third kappa shape index (κ3) is 2.32. The Labute approximate surface area is 70.5 Å². The summed E-state index contributed by atoms with van der Waals surface area (Å²) < 4.78 is 0. The minimum absolute atomic E-state index is 0.547. The molecule has 0 saturated carbocycles. The van der Waals surface area contributed by atoms with Gasteiger partial charge in [-0.2, -0.15) is 5.26 Å². The molecular formula is C8H10N2S. The Morgan fingerprint density at radius 1 is 1.73 bits per heavy atom. The number of nitrogens with zero attached hydrogens (tertiary/aromatic N) is 2. The maximum Gasteiger partial charge on any atom is 0.151 e. The van der Waals surface area contributed by atoms with Gasteiger partial charge in [0.1, 0.15) is 6.07 Å². The van der Waals surface area contributed by atoms with E-state index in [0.717, 1.165) is 11.4 Å². The molecule has 0 aliphatic carbocycles. The average Bonchev–Trinajstić information content (AvgIpc) is 2.34. The fourth-order valence-corrected chi connectivity index (χ4v) is 1.74. The van der Waals surface area contributed by atoms with Gasteiger partial charge in [-0.05, 0) is 5.92 Å². The molecule has 0 saturated heterocycles. The zero-order chi connectivity index (χ0) is 8.27. The molecule has 0 aromatic carbocycles. The summed E-state index contributed by atoms with van der Waals surface area (Å²) in [7, 11) is 0. The molecule has 0 bridgehead atoms. The number of nitriles is 1. The molecular weight excluding hydrogens is 156 g/mol. The zero-order valence-corrected chi connectivity index (χ0v) is 7.48. The number of hydrogen-bond acceptors (Lipinski definition) is 3. The van der Waals surface area contributed by atoms with Crippen molar-refractivity contribution in [2.24, 2.45) is 5.92 Å². The SMILES string of the molecule is CC(C)Cc1nc(C#N)cs1. The molecule has 0 fully saturated rings. The molecule has 0 atom stereocenters. The molecule has 0 aliphatic heterocycles. The van der Waals surface area contributed by atoms with E-state index in [0.29, 0.717) is 11.6 Å². The summed E-state index contributed by atoms with van der Waals surface area (Å²) in [6.07, 6.45) is 0.979. The normalized spacial score (nSPS) is 10.0. The van der Waals surface area contributed by atoms with Gasteiger partial charge in [0.15, 0.2) is 5.69 Å². The van der Waals surface area contributed by atoms with Crippen molar-refractivity contribution in [3.63, 3.8) is 0 Å². The van der Waals surface area contributed by atoms with Crippen LogP contribution in [0.5, 0.6) is 0 Å². The van der Waals surface area contributed by atoms with E-state index < -0.39 is 0 Å². The summed E-state index contributed by atoms with van der Waals surface area (Å²) in [6, 6.07) is 2.02. The van der Waals surface area contributed by atoms with Gasteiger partial charge < -0.3 is 0 Å². The molecule has 0 radical (unpaired) electrons. The summed E-state index contributed by atoms with van der Waals surface area (Å²) >= 11 is 1.57. The van der Waals surface area contributed by atoms with Crippen LogP contribution in [0.4, 0.5) is 0 Å². The van der Waals surface area contributed by atoms with Crippen molar-refractivity contribution in [1.29, 1.82) is 5.26 Å². The van der Waals surface area contributed by atoms with Crippen LogP contribution in [0.1, 0.15) is 24.5 Å². The lowest BCUT2D eigenvalue weighted by molar-refractivity contribution is 0.644. The molecule has 1 heterocycles. The van der Waals surface area contributed by atoms with Crippen LogP contribution in [-0.4, -0.2) is 4.98 Å². The Kier molecular flexibility index (Phi) is 2.61. The van der Waals surface area contributed by atoms with Crippen molar-refractivity contribution in [3.8, 4) is 6.07 Å². The van der Waals surface area contributed by atoms with Crippen LogP contribution in [0.15, 0.2) is 5.38 Å². The second-order valence-corrected chi connectivity index (χ2v) is 3.78. The van der Waals surface area contributed by atoms with Gasteiger partial charge >= 0.3 is 0 Å². The van der Waals surface area contributed by atoms with Gasteiger partial charge in [-0.1, -0.05) is 13.8 Å². The van der Waals surface area contributed by atoms with Gasteiger partial charge in [0.05, 0.1) is 5.01 Å². The maximum atomic E-state index is 8.48.